The molecule has 1 saturated carbocycles. The summed E-state index contributed by atoms with van der Waals surface area (Å²) in [6.07, 6.45) is 5.96. The lowest BCUT2D eigenvalue weighted by atomic mass is 9.64. The van der Waals surface area contributed by atoms with Gasteiger partial charge in [0, 0.05) is 22.6 Å². The van der Waals surface area contributed by atoms with Crippen molar-refractivity contribution in [2.24, 2.45) is 0 Å². The van der Waals surface area contributed by atoms with E-state index in [-0.39, 0.29) is 11.3 Å². The molecule has 0 unspecified atom stereocenters. The van der Waals surface area contributed by atoms with Crippen molar-refractivity contribution < 1.29 is 4.79 Å². The maximum Gasteiger partial charge on any atom is 0.230 e. The van der Waals surface area contributed by atoms with Crippen molar-refractivity contribution in [3.63, 3.8) is 0 Å². The highest BCUT2D eigenvalue weighted by Gasteiger charge is 2.45. The van der Waals surface area contributed by atoms with Gasteiger partial charge in [0.25, 0.3) is 0 Å². The summed E-state index contributed by atoms with van der Waals surface area (Å²) in [5.74, 6) is 0.154. The topological polar surface area (TPSA) is 42.0 Å². The number of hydrogen-bond donors (Lipinski definition) is 1. The average Bonchev–Trinajstić information content (AvgIpc) is 2.91. The molecule has 0 spiro atoms. The number of nitrogens with zero attached hydrogens (tertiary/aromatic N) is 1. The Bertz CT molecular complexity index is 709. The minimum absolute atomic E-state index is 0.154. The first-order chi connectivity index (χ1) is 11.6. The van der Waals surface area contributed by atoms with Gasteiger partial charge in [0.05, 0.1) is 10.4 Å². The van der Waals surface area contributed by atoms with Crippen molar-refractivity contribution in [3.8, 4) is 0 Å². The van der Waals surface area contributed by atoms with Gasteiger partial charge in [-0.15, -0.1) is 11.3 Å². The van der Waals surface area contributed by atoms with Crippen LogP contribution >= 0.6 is 22.9 Å². The molecule has 3 nitrogen and oxygen atoms in total. The fourth-order valence-electron chi connectivity index (χ4n) is 3.25. The predicted octanol–water partition coefficient (Wildman–Crippen LogP) is 4.67. The van der Waals surface area contributed by atoms with Gasteiger partial charge in [0.1, 0.15) is 0 Å². The van der Waals surface area contributed by atoms with Gasteiger partial charge in [-0.3, -0.25) is 4.79 Å². The Morgan fingerprint density at radius 2 is 2.21 bits per heavy atom. The van der Waals surface area contributed by atoms with E-state index < -0.39 is 0 Å². The van der Waals surface area contributed by atoms with Crippen LogP contribution in [0.2, 0.25) is 5.02 Å². The van der Waals surface area contributed by atoms with Gasteiger partial charge < -0.3 is 5.32 Å². The van der Waals surface area contributed by atoms with Crippen LogP contribution in [-0.4, -0.2) is 17.4 Å². The number of carbonyl (C=O) groups excluding carboxylic acids is 1. The number of aryl methyl sites for hydroxylation is 2. The Kier molecular flexibility index (Phi) is 5.57. The summed E-state index contributed by atoms with van der Waals surface area (Å²) in [7, 11) is 0. The summed E-state index contributed by atoms with van der Waals surface area (Å²) in [6.45, 7) is 2.75. The van der Waals surface area contributed by atoms with E-state index in [4.69, 9.17) is 11.6 Å². The third-order valence-corrected chi connectivity index (χ3v) is 6.05. The van der Waals surface area contributed by atoms with Crippen LogP contribution in [0.25, 0.3) is 0 Å². The monoisotopic (exact) mass is 362 g/mol. The molecule has 24 heavy (non-hydrogen) atoms. The minimum Gasteiger partial charge on any atom is -0.355 e. The standard InChI is InChI=1S/C19H23ClN2OS/c1-14-13-24-17(22-14)8-2-3-11-21-18(23)19(9-5-10-19)15-6-4-7-16(20)12-15/h4,6-7,12-13H,2-3,5,8-11H2,1H3,(H,21,23). The molecule has 1 heterocycles. The normalized spacial score (nSPS) is 15.8. The molecular weight excluding hydrogens is 340 g/mol. The molecule has 1 N–H and O–H groups in total. The highest BCUT2D eigenvalue weighted by molar-refractivity contribution is 7.09. The van der Waals surface area contributed by atoms with Crippen LogP contribution in [0.3, 0.4) is 0 Å². The first kappa shape index (κ1) is 17.4. The van der Waals surface area contributed by atoms with E-state index in [1.807, 2.05) is 31.2 Å². The highest BCUT2D eigenvalue weighted by Crippen LogP contribution is 2.44. The molecule has 1 aromatic carbocycles. The van der Waals surface area contributed by atoms with Crippen LogP contribution in [0, 0.1) is 6.92 Å². The number of unbranched alkanes of at least 4 members (excludes halogenated alkanes) is 1. The zero-order valence-electron chi connectivity index (χ0n) is 14.0. The van der Waals surface area contributed by atoms with Crippen LogP contribution < -0.4 is 5.32 Å². The second kappa shape index (κ2) is 7.66. The molecule has 0 aliphatic heterocycles. The fraction of sp³-hybridized carbons (Fsp3) is 0.474. The Labute approximate surface area is 152 Å². The van der Waals surface area contributed by atoms with Crippen molar-refractivity contribution in [1.82, 2.24) is 10.3 Å². The number of carbonyl (C=O) groups is 1. The minimum atomic E-state index is -0.364. The number of halogens is 1. The molecule has 1 amide bonds. The van der Waals surface area contributed by atoms with Gasteiger partial charge in [0.15, 0.2) is 0 Å². The summed E-state index contributed by atoms with van der Waals surface area (Å²) in [5.41, 5.74) is 1.78. The number of rotatable bonds is 7. The van der Waals surface area contributed by atoms with Gasteiger partial charge in [-0.2, -0.15) is 0 Å². The zero-order valence-corrected chi connectivity index (χ0v) is 15.6. The van der Waals surface area contributed by atoms with E-state index in [0.29, 0.717) is 5.02 Å². The Morgan fingerprint density at radius 3 is 2.83 bits per heavy atom. The summed E-state index contributed by atoms with van der Waals surface area (Å²) >= 11 is 7.82. The van der Waals surface area contributed by atoms with Gasteiger partial charge in [-0.1, -0.05) is 30.2 Å². The number of hydrogen-bond acceptors (Lipinski definition) is 3. The Balaban J connectivity index is 1.48. The number of nitrogens with one attached hydrogen (secondary N) is 1. The Morgan fingerprint density at radius 1 is 1.38 bits per heavy atom. The van der Waals surface area contributed by atoms with Crippen LogP contribution in [0.5, 0.6) is 0 Å². The van der Waals surface area contributed by atoms with Crippen molar-refractivity contribution >= 4 is 28.8 Å². The highest BCUT2D eigenvalue weighted by atomic mass is 35.5. The summed E-state index contributed by atoms with van der Waals surface area (Å²) in [6, 6.07) is 7.75. The molecule has 0 radical (unpaired) electrons. The van der Waals surface area contributed by atoms with Gasteiger partial charge in [-0.05, 0) is 56.7 Å². The summed E-state index contributed by atoms with van der Waals surface area (Å²) < 4.78 is 0. The smallest absolute Gasteiger partial charge is 0.230 e. The molecule has 0 atom stereocenters. The Hall–Kier alpha value is -1.39. The molecule has 128 valence electrons. The largest absolute Gasteiger partial charge is 0.355 e. The number of thiazole rings is 1. The maximum absolute atomic E-state index is 12.7. The molecule has 3 rings (SSSR count). The third kappa shape index (κ3) is 3.81. The van der Waals surface area contributed by atoms with Gasteiger partial charge >= 0.3 is 0 Å². The zero-order chi connectivity index (χ0) is 17.0. The van der Waals surface area contributed by atoms with Gasteiger partial charge in [-0.25, -0.2) is 4.98 Å². The van der Waals surface area contributed by atoms with E-state index in [9.17, 15) is 4.79 Å². The predicted molar refractivity (Wildman–Crippen MR) is 99.8 cm³/mol. The molecule has 1 aliphatic carbocycles. The van der Waals surface area contributed by atoms with Crippen LogP contribution in [0.1, 0.15) is 48.4 Å². The van der Waals surface area contributed by atoms with Crippen molar-refractivity contribution in [2.75, 3.05) is 6.54 Å². The molecule has 1 aliphatic rings. The molecule has 2 aromatic rings. The lowest BCUT2D eigenvalue weighted by Crippen LogP contribution is -2.49. The number of aromatic nitrogens is 1. The first-order valence-corrected chi connectivity index (χ1v) is 9.81. The van der Waals surface area contributed by atoms with E-state index in [1.54, 1.807) is 11.3 Å². The van der Waals surface area contributed by atoms with Crippen molar-refractivity contribution in [2.45, 2.75) is 50.9 Å². The molecule has 1 fully saturated rings. The summed E-state index contributed by atoms with van der Waals surface area (Å²) in [4.78, 5) is 17.2. The number of amides is 1. The molecule has 0 bridgehead atoms. The average molecular weight is 363 g/mol. The second-order valence-corrected chi connectivity index (χ2v) is 7.92. The quantitative estimate of drug-likeness (QED) is 0.727. The van der Waals surface area contributed by atoms with E-state index in [2.05, 4.69) is 15.7 Å². The lowest BCUT2D eigenvalue weighted by Gasteiger charge is -2.40. The molecule has 0 saturated heterocycles. The van der Waals surface area contributed by atoms with Crippen LogP contribution in [-0.2, 0) is 16.6 Å². The SMILES string of the molecule is Cc1csc(CCCCNC(=O)C2(c3cccc(Cl)c3)CCC2)n1. The van der Waals surface area contributed by atoms with Crippen molar-refractivity contribution in [1.29, 1.82) is 0 Å². The summed E-state index contributed by atoms with van der Waals surface area (Å²) in [5, 5.41) is 7.11. The van der Waals surface area contributed by atoms with E-state index in [1.165, 1.54) is 5.01 Å². The molecule has 5 heteroatoms. The van der Waals surface area contributed by atoms with Crippen molar-refractivity contribution in [3.05, 3.63) is 50.9 Å². The maximum atomic E-state index is 12.7. The van der Waals surface area contributed by atoms with E-state index in [0.717, 1.165) is 56.3 Å². The molecular formula is C19H23ClN2OS. The van der Waals surface area contributed by atoms with E-state index >= 15 is 0 Å². The van der Waals surface area contributed by atoms with Gasteiger partial charge in [0.2, 0.25) is 5.91 Å². The fourth-order valence-corrected chi connectivity index (χ4v) is 4.26. The van der Waals surface area contributed by atoms with Crippen LogP contribution in [0.15, 0.2) is 29.6 Å². The van der Waals surface area contributed by atoms with Crippen LogP contribution in [0.4, 0.5) is 0 Å². The molecule has 1 aromatic heterocycles. The third-order valence-electron chi connectivity index (χ3n) is 4.79. The second-order valence-electron chi connectivity index (χ2n) is 6.54. The lowest BCUT2D eigenvalue weighted by molar-refractivity contribution is -0.129. The number of benzene rings is 1. The first-order valence-electron chi connectivity index (χ1n) is 8.55.